The van der Waals surface area contributed by atoms with E-state index in [0.717, 1.165) is 12.3 Å². The largest absolute Gasteiger partial charge is 0.492 e. The van der Waals surface area contributed by atoms with Gasteiger partial charge < -0.3 is 14.4 Å². The molecule has 1 heterocycles. The smallest absolute Gasteiger partial charge is 0.236 e. The summed E-state index contributed by atoms with van der Waals surface area (Å²) in [4.78, 5) is 15.9. The number of benzene rings is 1. The average Bonchev–Trinajstić information content (AvgIpc) is 2.49. The first-order valence-corrected chi connectivity index (χ1v) is 6.97. The van der Waals surface area contributed by atoms with Gasteiger partial charge in [-0.05, 0) is 19.2 Å². The standard InChI is InChI=1S/C15H22N2O3/c1-16(7-12-20-14-5-3-2-4-6-14)13-15(18)17-8-10-19-11-9-17/h2-6H,7-13H2,1H3. The summed E-state index contributed by atoms with van der Waals surface area (Å²) in [5, 5.41) is 0. The molecule has 0 spiro atoms. The maximum atomic E-state index is 12.0. The van der Waals surface area contributed by atoms with Crippen LogP contribution < -0.4 is 4.74 Å². The summed E-state index contributed by atoms with van der Waals surface area (Å²) < 4.78 is 10.9. The Hall–Kier alpha value is -1.59. The van der Waals surface area contributed by atoms with Crippen LogP contribution in [-0.2, 0) is 9.53 Å². The van der Waals surface area contributed by atoms with Crippen LogP contribution in [0.4, 0.5) is 0 Å². The summed E-state index contributed by atoms with van der Waals surface area (Å²) in [5.74, 6) is 1.02. The summed E-state index contributed by atoms with van der Waals surface area (Å²) in [6.45, 7) is 4.43. The van der Waals surface area contributed by atoms with E-state index in [1.165, 1.54) is 0 Å². The Labute approximate surface area is 120 Å². The van der Waals surface area contributed by atoms with Gasteiger partial charge in [-0.3, -0.25) is 9.69 Å². The fourth-order valence-corrected chi connectivity index (χ4v) is 2.06. The molecule has 2 rings (SSSR count). The summed E-state index contributed by atoms with van der Waals surface area (Å²) in [6, 6.07) is 9.71. The van der Waals surface area contributed by atoms with E-state index in [1.54, 1.807) is 0 Å². The number of hydrogen-bond donors (Lipinski definition) is 0. The number of hydrogen-bond acceptors (Lipinski definition) is 4. The topological polar surface area (TPSA) is 42.0 Å². The third kappa shape index (κ3) is 4.83. The maximum absolute atomic E-state index is 12.0. The van der Waals surface area contributed by atoms with Crippen molar-refractivity contribution in [1.82, 2.24) is 9.80 Å². The van der Waals surface area contributed by atoms with Gasteiger partial charge in [-0.2, -0.15) is 0 Å². The van der Waals surface area contributed by atoms with Crippen LogP contribution in [0.1, 0.15) is 0 Å². The number of carbonyl (C=O) groups is 1. The van der Waals surface area contributed by atoms with Crippen LogP contribution in [0.3, 0.4) is 0 Å². The van der Waals surface area contributed by atoms with Crippen molar-refractivity contribution in [3.63, 3.8) is 0 Å². The molecular weight excluding hydrogens is 256 g/mol. The van der Waals surface area contributed by atoms with Gasteiger partial charge in [0.2, 0.25) is 5.91 Å². The molecular formula is C15H22N2O3. The van der Waals surface area contributed by atoms with Gasteiger partial charge >= 0.3 is 0 Å². The molecule has 0 unspecified atom stereocenters. The molecule has 1 aliphatic heterocycles. The Balaban J connectivity index is 1.64. The molecule has 110 valence electrons. The van der Waals surface area contributed by atoms with E-state index < -0.39 is 0 Å². The van der Waals surface area contributed by atoms with Gasteiger partial charge in [0.1, 0.15) is 12.4 Å². The summed E-state index contributed by atoms with van der Waals surface area (Å²) in [5.41, 5.74) is 0. The molecule has 5 nitrogen and oxygen atoms in total. The minimum atomic E-state index is 0.163. The number of amides is 1. The Bertz CT molecular complexity index is 405. The second-order valence-corrected chi connectivity index (χ2v) is 4.89. The number of nitrogens with zero attached hydrogens (tertiary/aromatic N) is 2. The van der Waals surface area contributed by atoms with Crippen LogP contribution in [0.2, 0.25) is 0 Å². The number of morpholine rings is 1. The molecule has 1 aromatic carbocycles. The average molecular weight is 278 g/mol. The number of rotatable bonds is 6. The minimum absolute atomic E-state index is 0.163. The van der Waals surface area contributed by atoms with E-state index in [1.807, 2.05) is 47.2 Å². The first-order valence-electron chi connectivity index (χ1n) is 6.97. The van der Waals surface area contributed by atoms with Crippen molar-refractivity contribution >= 4 is 5.91 Å². The maximum Gasteiger partial charge on any atom is 0.236 e. The van der Waals surface area contributed by atoms with Crippen LogP contribution in [0, 0.1) is 0 Å². The summed E-state index contributed by atoms with van der Waals surface area (Å²) in [6.07, 6.45) is 0. The molecule has 5 heteroatoms. The van der Waals surface area contributed by atoms with Crippen molar-refractivity contribution < 1.29 is 14.3 Å². The van der Waals surface area contributed by atoms with E-state index in [2.05, 4.69) is 0 Å². The van der Waals surface area contributed by atoms with E-state index in [0.29, 0.717) is 39.5 Å². The van der Waals surface area contributed by atoms with Gasteiger partial charge in [0.05, 0.1) is 19.8 Å². The predicted octanol–water partition coefficient (Wildman–Crippen LogP) is 0.856. The third-order valence-electron chi connectivity index (χ3n) is 3.25. The molecule has 0 N–H and O–H groups in total. The highest BCUT2D eigenvalue weighted by atomic mass is 16.5. The zero-order valence-corrected chi connectivity index (χ0v) is 12.0. The van der Waals surface area contributed by atoms with Crippen molar-refractivity contribution in [2.24, 2.45) is 0 Å². The predicted molar refractivity (Wildman–Crippen MR) is 76.8 cm³/mol. The Morgan fingerprint density at radius 2 is 2.00 bits per heavy atom. The van der Waals surface area contributed by atoms with E-state index in [4.69, 9.17) is 9.47 Å². The molecule has 1 aromatic rings. The highest BCUT2D eigenvalue weighted by Gasteiger charge is 2.17. The van der Waals surface area contributed by atoms with Crippen molar-refractivity contribution in [3.05, 3.63) is 30.3 Å². The normalized spacial score (nSPS) is 15.4. The van der Waals surface area contributed by atoms with Crippen LogP contribution >= 0.6 is 0 Å². The number of carbonyl (C=O) groups excluding carboxylic acids is 1. The van der Waals surface area contributed by atoms with Crippen LogP contribution in [0.5, 0.6) is 5.75 Å². The van der Waals surface area contributed by atoms with E-state index in [-0.39, 0.29) is 5.91 Å². The first kappa shape index (κ1) is 14.8. The lowest BCUT2D eigenvalue weighted by atomic mass is 10.3. The molecule has 1 aliphatic rings. The SMILES string of the molecule is CN(CCOc1ccccc1)CC(=O)N1CCOCC1. The van der Waals surface area contributed by atoms with Crippen molar-refractivity contribution in [2.45, 2.75) is 0 Å². The first-order chi connectivity index (χ1) is 9.75. The highest BCUT2D eigenvalue weighted by molar-refractivity contribution is 5.78. The Kier molecular flexibility index (Phi) is 5.83. The number of para-hydroxylation sites is 1. The van der Waals surface area contributed by atoms with Gasteiger partial charge in [-0.15, -0.1) is 0 Å². The molecule has 0 saturated carbocycles. The second-order valence-electron chi connectivity index (χ2n) is 4.89. The van der Waals surface area contributed by atoms with Crippen molar-refractivity contribution in [2.75, 3.05) is 53.0 Å². The molecule has 0 aliphatic carbocycles. The highest BCUT2D eigenvalue weighted by Crippen LogP contribution is 2.07. The molecule has 1 amide bonds. The monoisotopic (exact) mass is 278 g/mol. The van der Waals surface area contributed by atoms with Gasteiger partial charge in [-0.25, -0.2) is 0 Å². The van der Waals surface area contributed by atoms with Crippen molar-refractivity contribution in [3.8, 4) is 5.75 Å². The minimum Gasteiger partial charge on any atom is -0.492 e. The molecule has 0 aromatic heterocycles. The lowest BCUT2D eigenvalue weighted by molar-refractivity contribution is -0.136. The summed E-state index contributed by atoms with van der Waals surface area (Å²) in [7, 11) is 1.94. The van der Waals surface area contributed by atoms with Crippen LogP contribution in [0.15, 0.2) is 30.3 Å². The fraction of sp³-hybridized carbons (Fsp3) is 0.533. The zero-order chi connectivity index (χ0) is 14.2. The zero-order valence-electron chi connectivity index (χ0n) is 12.0. The molecule has 0 bridgehead atoms. The van der Waals surface area contributed by atoms with Gasteiger partial charge in [-0.1, -0.05) is 18.2 Å². The fourth-order valence-electron chi connectivity index (χ4n) is 2.06. The van der Waals surface area contributed by atoms with Gasteiger partial charge in [0.15, 0.2) is 0 Å². The molecule has 0 atom stereocenters. The molecule has 1 saturated heterocycles. The van der Waals surface area contributed by atoms with E-state index >= 15 is 0 Å². The lowest BCUT2D eigenvalue weighted by Gasteiger charge is -2.28. The van der Waals surface area contributed by atoms with Crippen LogP contribution in [-0.4, -0.2) is 68.8 Å². The number of likely N-dealkylation sites (N-methyl/N-ethyl adjacent to an activating group) is 1. The Morgan fingerprint density at radius 1 is 1.30 bits per heavy atom. The molecule has 0 radical (unpaired) electrons. The molecule has 1 fully saturated rings. The van der Waals surface area contributed by atoms with Gasteiger partial charge in [0.25, 0.3) is 0 Å². The van der Waals surface area contributed by atoms with Gasteiger partial charge in [0, 0.05) is 19.6 Å². The second kappa shape index (κ2) is 7.87. The van der Waals surface area contributed by atoms with Crippen LogP contribution in [0.25, 0.3) is 0 Å². The quantitative estimate of drug-likeness (QED) is 0.774. The Morgan fingerprint density at radius 3 is 2.70 bits per heavy atom. The van der Waals surface area contributed by atoms with Crippen molar-refractivity contribution in [1.29, 1.82) is 0 Å². The lowest BCUT2D eigenvalue weighted by Crippen LogP contribution is -2.45. The van der Waals surface area contributed by atoms with E-state index in [9.17, 15) is 4.79 Å². The molecule has 20 heavy (non-hydrogen) atoms. The summed E-state index contributed by atoms with van der Waals surface area (Å²) >= 11 is 0. The third-order valence-corrected chi connectivity index (χ3v) is 3.25. The number of ether oxygens (including phenoxy) is 2.